The Bertz CT molecular complexity index is 672. The van der Waals surface area contributed by atoms with E-state index in [0.29, 0.717) is 16.4 Å². The van der Waals surface area contributed by atoms with Gasteiger partial charge in [0.2, 0.25) is 5.78 Å². The summed E-state index contributed by atoms with van der Waals surface area (Å²) in [6.45, 7) is 6.05. The molecule has 1 aromatic carbocycles. The predicted molar refractivity (Wildman–Crippen MR) is 85.1 cm³/mol. The fourth-order valence-corrected chi connectivity index (χ4v) is 3.36. The zero-order valence-corrected chi connectivity index (χ0v) is 13.2. The summed E-state index contributed by atoms with van der Waals surface area (Å²) in [5.41, 5.74) is 0.110. The van der Waals surface area contributed by atoms with Gasteiger partial charge in [0.05, 0.1) is 10.6 Å². The summed E-state index contributed by atoms with van der Waals surface area (Å²) < 4.78 is 5.76. The van der Waals surface area contributed by atoms with Crippen molar-refractivity contribution in [1.82, 2.24) is 4.90 Å². The molecule has 2 aromatic rings. The monoisotopic (exact) mass is 305 g/mol. The summed E-state index contributed by atoms with van der Waals surface area (Å²) in [5.74, 6) is 0.466. The van der Waals surface area contributed by atoms with Crippen molar-refractivity contribution in [3.8, 4) is 0 Å². The van der Waals surface area contributed by atoms with E-state index in [1.165, 1.54) is 0 Å². The van der Waals surface area contributed by atoms with Crippen LogP contribution in [0.4, 0.5) is 0 Å². The number of carbonyl (C=O) groups excluding carboxylic acids is 1. The minimum atomic E-state index is -0.489. The van der Waals surface area contributed by atoms with Gasteiger partial charge < -0.3 is 4.42 Å². The van der Waals surface area contributed by atoms with E-state index >= 15 is 0 Å². The Morgan fingerprint density at radius 1 is 1.38 bits per heavy atom. The van der Waals surface area contributed by atoms with Crippen LogP contribution in [0.5, 0.6) is 0 Å². The lowest BCUT2D eigenvalue weighted by Gasteiger charge is -2.35. The second-order valence-corrected chi connectivity index (χ2v) is 6.33. The van der Waals surface area contributed by atoms with Gasteiger partial charge in [-0.2, -0.15) is 0 Å². The third kappa shape index (κ3) is 2.39. The summed E-state index contributed by atoms with van der Waals surface area (Å²) in [6, 6.07) is 7.38. The molecule has 1 atom stereocenters. The molecule has 1 fully saturated rings. The van der Waals surface area contributed by atoms with Gasteiger partial charge in [-0.05, 0) is 51.4 Å². The zero-order chi connectivity index (χ0) is 15.0. The maximum atomic E-state index is 13.0. The van der Waals surface area contributed by atoms with Crippen LogP contribution >= 0.6 is 11.6 Å². The van der Waals surface area contributed by atoms with Gasteiger partial charge in [0.15, 0.2) is 11.3 Å². The summed E-state index contributed by atoms with van der Waals surface area (Å²) in [7, 11) is 0. The third-order valence-corrected chi connectivity index (χ3v) is 5.00. The molecule has 1 saturated heterocycles. The fraction of sp³-hybridized carbons (Fsp3) is 0.471. The highest BCUT2D eigenvalue weighted by atomic mass is 35.5. The number of benzene rings is 1. The molecule has 0 spiro atoms. The highest BCUT2D eigenvalue weighted by Crippen LogP contribution is 2.32. The van der Waals surface area contributed by atoms with Crippen LogP contribution in [0, 0.1) is 0 Å². The Hall–Kier alpha value is -1.32. The van der Waals surface area contributed by atoms with Crippen molar-refractivity contribution < 1.29 is 9.21 Å². The van der Waals surface area contributed by atoms with Gasteiger partial charge in [-0.3, -0.25) is 9.69 Å². The lowest BCUT2D eigenvalue weighted by atomic mass is 9.89. The lowest BCUT2D eigenvalue weighted by Crippen LogP contribution is -2.50. The summed E-state index contributed by atoms with van der Waals surface area (Å²) >= 11 is 6.13. The molecule has 1 aromatic heterocycles. The van der Waals surface area contributed by atoms with Crippen molar-refractivity contribution in [3.63, 3.8) is 0 Å². The van der Waals surface area contributed by atoms with Gasteiger partial charge in [-0.1, -0.05) is 30.7 Å². The first-order chi connectivity index (χ1) is 10.1. The number of rotatable bonds is 4. The van der Waals surface area contributed by atoms with Gasteiger partial charge in [0.25, 0.3) is 0 Å². The fourth-order valence-electron chi connectivity index (χ4n) is 3.14. The molecule has 0 radical (unpaired) electrons. The minimum absolute atomic E-state index is 0.0548. The van der Waals surface area contributed by atoms with E-state index in [2.05, 4.69) is 11.8 Å². The molecular formula is C17H20ClNO2. The quantitative estimate of drug-likeness (QED) is 0.778. The van der Waals surface area contributed by atoms with E-state index < -0.39 is 5.54 Å². The predicted octanol–water partition coefficient (Wildman–Crippen LogP) is 4.53. The zero-order valence-electron chi connectivity index (χ0n) is 12.5. The first kappa shape index (κ1) is 14.6. The number of hydrogen-bond donors (Lipinski definition) is 0. The number of furan rings is 1. The summed E-state index contributed by atoms with van der Waals surface area (Å²) in [5, 5.41) is 1.43. The molecule has 0 aliphatic carbocycles. The molecule has 0 N–H and O–H groups in total. The van der Waals surface area contributed by atoms with Crippen LogP contribution in [0.15, 0.2) is 28.7 Å². The molecule has 1 aliphatic heterocycles. The highest BCUT2D eigenvalue weighted by Gasteiger charge is 2.40. The number of halogens is 1. The largest absolute Gasteiger partial charge is 0.451 e. The van der Waals surface area contributed by atoms with Crippen molar-refractivity contribution in [3.05, 3.63) is 35.0 Å². The average molecular weight is 306 g/mol. The van der Waals surface area contributed by atoms with Gasteiger partial charge in [0.1, 0.15) is 0 Å². The standard InChI is InChI=1S/C17H20ClNO2/c1-3-17(2,19-9-4-5-10-19)16(20)14-11-12-7-6-8-13(18)15(12)21-14/h6-8,11H,3-5,9-10H2,1-2H3. The van der Waals surface area contributed by atoms with Gasteiger partial charge in [-0.15, -0.1) is 0 Å². The molecule has 21 heavy (non-hydrogen) atoms. The summed E-state index contributed by atoms with van der Waals surface area (Å²) in [4.78, 5) is 15.3. The highest BCUT2D eigenvalue weighted by molar-refractivity contribution is 6.34. The summed E-state index contributed by atoms with van der Waals surface area (Å²) in [6.07, 6.45) is 3.10. The van der Waals surface area contributed by atoms with Gasteiger partial charge >= 0.3 is 0 Å². The Balaban J connectivity index is 2.00. The van der Waals surface area contributed by atoms with E-state index in [1.807, 2.05) is 25.1 Å². The molecule has 0 amide bonds. The SMILES string of the molecule is CCC(C)(C(=O)c1cc2cccc(Cl)c2o1)N1CCCC1. The molecule has 112 valence electrons. The second kappa shape index (κ2) is 5.47. The molecular weight excluding hydrogens is 286 g/mol. The van der Waals surface area contributed by atoms with Crippen molar-refractivity contribution in [1.29, 1.82) is 0 Å². The maximum Gasteiger partial charge on any atom is 0.217 e. The number of Topliss-reactive ketones (excluding diaryl/α,β-unsaturated/α-hetero) is 1. The van der Waals surface area contributed by atoms with Crippen LogP contribution in [-0.2, 0) is 0 Å². The van der Waals surface area contributed by atoms with E-state index in [-0.39, 0.29) is 5.78 Å². The average Bonchev–Trinajstić information content (AvgIpc) is 3.15. The van der Waals surface area contributed by atoms with Crippen LogP contribution in [0.25, 0.3) is 11.0 Å². The number of nitrogens with zero attached hydrogens (tertiary/aromatic N) is 1. The van der Waals surface area contributed by atoms with Gasteiger partial charge in [0, 0.05) is 5.39 Å². The van der Waals surface area contributed by atoms with E-state index in [9.17, 15) is 4.79 Å². The first-order valence-electron chi connectivity index (χ1n) is 7.54. The molecule has 2 heterocycles. The van der Waals surface area contributed by atoms with Crippen LogP contribution in [0.2, 0.25) is 5.02 Å². The van der Waals surface area contributed by atoms with E-state index in [0.717, 1.165) is 37.7 Å². The van der Waals surface area contributed by atoms with E-state index in [1.54, 1.807) is 6.07 Å². The Kier molecular flexibility index (Phi) is 3.80. The van der Waals surface area contributed by atoms with Crippen molar-refractivity contribution >= 4 is 28.4 Å². The number of likely N-dealkylation sites (tertiary alicyclic amines) is 1. The van der Waals surface area contributed by atoms with Crippen LogP contribution in [-0.4, -0.2) is 29.3 Å². The molecule has 4 heteroatoms. The third-order valence-electron chi connectivity index (χ3n) is 4.70. The minimum Gasteiger partial charge on any atom is -0.451 e. The van der Waals surface area contributed by atoms with Crippen LogP contribution in [0.3, 0.4) is 0 Å². The molecule has 0 bridgehead atoms. The number of hydrogen-bond acceptors (Lipinski definition) is 3. The molecule has 1 aliphatic rings. The van der Waals surface area contributed by atoms with Crippen molar-refractivity contribution in [2.75, 3.05) is 13.1 Å². The molecule has 3 rings (SSSR count). The normalized spacial score (nSPS) is 19.0. The smallest absolute Gasteiger partial charge is 0.217 e. The van der Waals surface area contributed by atoms with Crippen LogP contribution in [0.1, 0.15) is 43.7 Å². The van der Waals surface area contributed by atoms with Crippen molar-refractivity contribution in [2.45, 2.75) is 38.6 Å². The molecule has 3 nitrogen and oxygen atoms in total. The van der Waals surface area contributed by atoms with Gasteiger partial charge in [-0.25, -0.2) is 0 Å². The van der Waals surface area contributed by atoms with Crippen molar-refractivity contribution in [2.24, 2.45) is 0 Å². The number of para-hydroxylation sites is 1. The molecule has 1 unspecified atom stereocenters. The lowest BCUT2D eigenvalue weighted by molar-refractivity contribution is 0.0620. The number of carbonyl (C=O) groups is 1. The topological polar surface area (TPSA) is 33.5 Å². The van der Waals surface area contributed by atoms with Crippen LogP contribution < -0.4 is 0 Å². The van der Waals surface area contributed by atoms with E-state index in [4.69, 9.17) is 16.0 Å². The second-order valence-electron chi connectivity index (χ2n) is 5.92. The first-order valence-corrected chi connectivity index (χ1v) is 7.92. The number of ketones is 1. The maximum absolute atomic E-state index is 13.0. The Morgan fingerprint density at radius 2 is 2.10 bits per heavy atom. The molecule has 0 saturated carbocycles. The number of fused-ring (bicyclic) bond motifs is 1. The Morgan fingerprint density at radius 3 is 2.71 bits per heavy atom. The Labute approximate surface area is 129 Å².